The average molecular weight is 527 g/mol. The molecule has 1 aromatic heterocycles. The van der Waals surface area contributed by atoms with Crippen molar-refractivity contribution in [3.8, 4) is 11.1 Å². The summed E-state index contributed by atoms with van der Waals surface area (Å²) in [5.74, 6) is 0. The van der Waals surface area contributed by atoms with Gasteiger partial charge in [0.2, 0.25) is 0 Å². The lowest BCUT2D eigenvalue weighted by Crippen LogP contribution is -2.33. The van der Waals surface area contributed by atoms with Gasteiger partial charge >= 0.3 is 0 Å². The molecule has 198 valence electrons. The summed E-state index contributed by atoms with van der Waals surface area (Å²) in [6.07, 6.45) is 2.23. The third-order valence-corrected chi connectivity index (χ3v) is 8.63. The summed E-state index contributed by atoms with van der Waals surface area (Å²) in [5, 5.41) is 2.04. The van der Waals surface area contributed by atoms with Gasteiger partial charge in [0.15, 0.2) is 0 Å². The summed E-state index contributed by atoms with van der Waals surface area (Å²) in [5.41, 5.74) is 7.77. The van der Waals surface area contributed by atoms with Crippen molar-refractivity contribution < 1.29 is 11.3 Å². The maximum atomic E-state index is 8.82. The Bertz CT molecular complexity index is 2080. The number of para-hydroxylation sites is 1. The van der Waals surface area contributed by atoms with Gasteiger partial charge in [0.25, 0.3) is 0 Å². The second-order valence-electron chi connectivity index (χ2n) is 12.2. The molecule has 0 radical (unpaired) electrons. The van der Waals surface area contributed by atoms with Crippen LogP contribution in [-0.2, 0) is 10.8 Å². The van der Waals surface area contributed by atoms with Gasteiger partial charge in [0.05, 0.1) is 6.85 Å². The van der Waals surface area contributed by atoms with Gasteiger partial charge in [-0.15, -0.1) is 0 Å². The Morgan fingerprint density at radius 1 is 0.600 bits per heavy atom. The smallest absolute Gasteiger partial charge is 0.137 e. The van der Waals surface area contributed by atoms with E-state index in [2.05, 4.69) is 39.8 Å². The first kappa shape index (κ1) is 19.7. The molecule has 40 heavy (non-hydrogen) atoms. The molecule has 0 unspecified atom stereocenters. The largest absolute Gasteiger partial charge is 0.456 e. The molecule has 0 spiro atoms. The first-order chi connectivity index (χ1) is 21.4. The zero-order chi connectivity index (χ0) is 31.8. The van der Waals surface area contributed by atoms with E-state index >= 15 is 0 Å². The predicted molar refractivity (Wildman–Crippen MR) is 169 cm³/mol. The van der Waals surface area contributed by atoms with E-state index in [0.29, 0.717) is 17.0 Å². The fraction of sp³-hybridized carbons (Fsp3) is 0.211. The van der Waals surface area contributed by atoms with Crippen LogP contribution >= 0.6 is 0 Å². The highest BCUT2D eigenvalue weighted by Crippen LogP contribution is 2.48. The number of fused-ring (bicyclic) bond motifs is 4. The first-order valence-electron chi connectivity index (χ1n) is 16.4. The van der Waals surface area contributed by atoms with Crippen molar-refractivity contribution in [2.45, 2.75) is 51.4 Å². The van der Waals surface area contributed by atoms with Gasteiger partial charge in [-0.3, -0.25) is 0 Å². The van der Waals surface area contributed by atoms with Crippen LogP contribution in [0.2, 0.25) is 0 Å². The number of hydrogen-bond donors (Lipinski definition) is 0. The molecule has 1 aliphatic carbocycles. The first-order valence-corrected chi connectivity index (χ1v) is 13.9. The topological polar surface area (TPSA) is 16.4 Å². The van der Waals surface area contributed by atoms with Gasteiger partial charge in [-0.1, -0.05) is 88.3 Å². The summed E-state index contributed by atoms with van der Waals surface area (Å²) in [6, 6.07) is 26.5. The second kappa shape index (κ2) is 9.13. The average Bonchev–Trinajstić information content (AvgIpc) is 3.40. The third-order valence-electron chi connectivity index (χ3n) is 8.63. The summed E-state index contributed by atoms with van der Waals surface area (Å²) in [6.45, 7) is 9.23. The van der Waals surface area contributed by atoms with Crippen LogP contribution in [0.4, 0.5) is 17.1 Å². The molecule has 0 amide bonds. The van der Waals surface area contributed by atoms with E-state index in [9.17, 15) is 0 Å². The van der Waals surface area contributed by atoms with Crippen molar-refractivity contribution in [1.82, 2.24) is 0 Å². The molecule has 1 heterocycles. The number of hydrogen-bond acceptors (Lipinski definition) is 2. The molecular formula is C38H35NO. The molecule has 0 N–H and O–H groups in total. The highest BCUT2D eigenvalue weighted by Gasteiger charge is 2.37. The lowest BCUT2D eigenvalue weighted by Gasteiger charge is -2.41. The SMILES string of the molecule is [2H]c1c([2H])c([2H])c(N(c2ccc(-c3ccccc3)cc2)c2ccc3c(c2)oc2cc4c(cc23)C(C)(C)CCC4(C)C)c([2H])c1[2H]. The van der Waals surface area contributed by atoms with Gasteiger partial charge in [-0.25, -0.2) is 0 Å². The standard InChI is InChI=1S/C38H35NO/c1-37(2)21-22-38(3,4)34-25-36-32(24-33(34)37)31-20-19-30(23-35(31)40-36)39(28-13-9-6-10-14-28)29-17-15-27(16-18-29)26-11-7-5-8-12-26/h5-20,23-25H,21-22H2,1-4H3/i6D,9D,10D,13D,14D. The highest BCUT2D eigenvalue weighted by atomic mass is 16.3. The molecule has 0 aliphatic heterocycles. The number of rotatable bonds is 4. The molecule has 2 heteroatoms. The van der Waals surface area contributed by atoms with Crippen molar-refractivity contribution >= 4 is 39.0 Å². The maximum absolute atomic E-state index is 8.82. The lowest BCUT2D eigenvalue weighted by atomic mass is 9.63. The molecule has 2 nitrogen and oxygen atoms in total. The summed E-state index contributed by atoms with van der Waals surface area (Å²) in [4.78, 5) is 1.73. The van der Waals surface area contributed by atoms with Crippen LogP contribution in [-0.4, -0.2) is 0 Å². The second-order valence-corrected chi connectivity index (χ2v) is 12.2. The Labute approximate surface area is 243 Å². The van der Waals surface area contributed by atoms with Crippen LogP contribution in [0, 0.1) is 0 Å². The Hall–Kier alpha value is -4.30. The van der Waals surface area contributed by atoms with E-state index < -0.39 is 6.04 Å². The lowest BCUT2D eigenvalue weighted by molar-refractivity contribution is 0.332. The molecule has 6 aromatic rings. The predicted octanol–water partition coefficient (Wildman–Crippen LogP) is 11.1. The van der Waals surface area contributed by atoms with E-state index in [-0.39, 0.29) is 40.7 Å². The highest BCUT2D eigenvalue weighted by molar-refractivity contribution is 6.07. The van der Waals surface area contributed by atoms with Crippen LogP contribution in [0.5, 0.6) is 0 Å². The van der Waals surface area contributed by atoms with Crippen molar-refractivity contribution in [3.05, 3.63) is 126 Å². The van der Waals surface area contributed by atoms with Crippen molar-refractivity contribution in [2.24, 2.45) is 0 Å². The molecule has 0 fully saturated rings. The van der Waals surface area contributed by atoms with E-state index in [1.54, 1.807) is 4.90 Å². The van der Waals surface area contributed by atoms with Gasteiger partial charge in [0, 0.05) is 33.9 Å². The fourth-order valence-electron chi connectivity index (χ4n) is 6.16. The normalized spacial score (nSPS) is 17.4. The quantitative estimate of drug-likeness (QED) is 0.227. The van der Waals surface area contributed by atoms with E-state index in [1.807, 2.05) is 72.8 Å². The van der Waals surface area contributed by atoms with Gasteiger partial charge in [-0.05, 0) is 94.4 Å². The molecule has 0 saturated carbocycles. The van der Waals surface area contributed by atoms with E-state index in [4.69, 9.17) is 11.3 Å². The molecule has 0 atom stereocenters. The minimum Gasteiger partial charge on any atom is -0.456 e. The van der Waals surface area contributed by atoms with Gasteiger partial charge in [0.1, 0.15) is 11.2 Å². The van der Waals surface area contributed by atoms with Crippen LogP contribution < -0.4 is 4.90 Å². The molecular weight excluding hydrogens is 486 g/mol. The third kappa shape index (κ3) is 4.10. The van der Waals surface area contributed by atoms with Gasteiger partial charge < -0.3 is 9.32 Å². The van der Waals surface area contributed by atoms with Crippen molar-refractivity contribution in [2.75, 3.05) is 4.90 Å². The van der Waals surface area contributed by atoms with Crippen LogP contribution in [0.1, 0.15) is 58.5 Å². The monoisotopic (exact) mass is 526 g/mol. The van der Waals surface area contributed by atoms with Crippen molar-refractivity contribution in [1.29, 1.82) is 0 Å². The number of anilines is 3. The van der Waals surface area contributed by atoms with Crippen LogP contribution in [0.25, 0.3) is 33.1 Å². The molecule has 1 aliphatic rings. The Balaban J connectivity index is 1.43. The van der Waals surface area contributed by atoms with Gasteiger partial charge in [-0.2, -0.15) is 0 Å². The minimum absolute atomic E-state index is 0.0485. The van der Waals surface area contributed by atoms with E-state index in [0.717, 1.165) is 40.3 Å². The molecule has 7 rings (SSSR count). The Morgan fingerprint density at radius 3 is 1.90 bits per heavy atom. The summed E-state index contributed by atoms with van der Waals surface area (Å²) in [7, 11) is 0. The summed E-state index contributed by atoms with van der Waals surface area (Å²) < 4.78 is 49.1. The number of benzene rings is 5. The Morgan fingerprint density at radius 2 is 1.20 bits per heavy atom. The van der Waals surface area contributed by atoms with E-state index in [1.165, 1.54) is 11.1 Å². The molecule has 0 bridgehead atoms. The van der Waals surface area contributed by atoms with Crippen LogP contribution in [0.3, 0.4) is 0 Å². The van der Waals surface area contributed by atoms with Crippen LogP contribution in [0.15, 0.2) is 120 Å². The zero-order valence-corrected chi connectivity index (χ0v) is 23.4. The number of furan rings is 1. The zero-order valence-electron chi connectivity index (χ0n) is 28.4. The Kier molecular flexibility index (Phi) is 4.50. The number of nitrogens with zero attached hydrogens (tertiary/aromatic N) is 1. The van der Waals surface area contributed by atoms with Crippen molar-refractivity contribution in [3.63, 3.8) is 0 Å². The maximum Gasteiger partial charge on any atom is 0.137 e. The fourth-order valence-corrected chi connectivity index (χ4v) is 6.16. The summed E-state index contributed by atoms with van der Waals surface area (Å²) >= 11 is 0. The molecule has 0 saturated heterocycles. The minimum atomic E-state index is -0.421. The molecule has 5 aromatic carbocycles.